The van der Waals surface area contributed by atoms with Crippen molar-refractivity contribution in [3.8, 4) is 0 Å². The SMILES string of the molecule is OC1CC2CC3CC(O)(CCC13)C2. The molecule has 74 valence electrons. The van der Waals surface area contributed by atoms with Gasteiger partial charge in [-0.2, -0.15) is 0 Å². The molecule has 0 aromatic carbocycles. The van der Waals surface area contributed by atoms with Gasteiger partial charge in [-0.25, -0.2) is 0 Å². The number of rotatable bonds is 0. The van der Waals surface area contributed by atoms with Gasteiger partial charge in [0.05, 0.1) is 11.7 Å². The molecule has 0 aromatic heterocycles. The van der Waals surface area contributed by atoms with Gasteiger partial charge in [0.1, 0.15) is 0 Å². The quantitative estimate of drug-likeness (QED) is 0.593. The molecular formula is C11H18O2. The van der Waals surface area contributed by atoms with Crippen LogP contribution in [0.4, 0.5) is 0 Å². The predicted molar refractivity (Wildman–Crippen MR) is 49.1 cm³/mol. The second-order valence-corrected chi connectivity index (χ2v) is 5.50. The van der Waals surface area contributed by atoms with Crippen LogP contribution in [0.15, 0.2) is 0 Å². The summed E-state index contributed by atoms with van der Waals surface area (Å²) >= 11 is 0. The fraction of sp³-hybridized carbons (Fsp3) is 1.00. The lowest BCUT2D eigenvalue weighted by atomic mass is 9.55. The predicted octanol–water partition coefficient (Wildman–Crippen LogP) is 1.31. The second kappa shape index (κ2) is 2.48. The van der Waals surface area contributed by atoms with E-state index in [1.54, 1.807) is 0 Å². The lowest BCUT2D eigenvalue weighted by molar-refractivity contribution is -0.142. The molecule has 3 fully saturated rings. The van der Waals surface area contributed by atoms with Gasteiger partial charge >= 0.3 is 0 Å². The van der Waals surface area contributed by atoms with E-state index in [2.05, 4.69) is 0 Å². The van der Waals surface area contributed by atoms with Crippen molar-refractivity contribution in [2.75, 3.05) is 0 Å². The van der Waals surface area contributed by atoms with Crippen molar-refractivity contribution in [1.29, 1.82) is 0 Å². The molecule has 3 rings (SSSR count). The molecular weight excluding hydrogens is 164 g/mol. The van der Waals surface area contributed by atoms with Gasteiger partial charge in [0.25, 0.3) is 0 Å². The minimum Gasteiger partial charge on any atom is -0.393 e. The first kappa shape index (κ1) is 8.25. The van der Waals surface area contributed by atoms with Gasteiger partial charge in [0, 0.05) is 0 Å². The largest absolute Gasteiger partial charge is 0.393 e. The van der Waals surface area contributed by atoms with E-state index in [0.29, 0.717) is 17.8 Å². The van der Waals surface area contributed by atoms with Crippen LogP contribution in [0.5, 0.6) is 0 Å². The molecule has 2 nitrogen and oxygen atoms in total. The van der Waals surface area contributed by atoms with Crippen LogP contribution in [0.3, 0.4) is 0 Å². The Kier molecular flexibility index (Phi) is 1.58. The molecule has 3 bridgehead atoms. The van der Waals surface area contributed by atoms with Crippen molar-refractivity contribution >= 4 is 0 Å². The molecule has 3 aliphatic carbocycles. The highest BCUT2D eigenvalue weighted by molar-refractivity contribution is 5.02. The number of hydrogen-bond donors (Lipinski definition) is 2. The summed E-state index contributed by atoms with van der Waals surface area (Å²) in [4.78, 5) is 0. The maximum absolute atomic E-state index is 10.2. The van der Waals surface area contributed by atoms with Crippen molar-refractivity contribution < 1.29 is 10.2 Å². The Bertz CT molecular complexity index is 222. The van der Waals surface area contributed by atoms with Gasteiger partial charge in [-0.15, -0.1) is 0 Å². The minimum absolute atomic E-state index is 0.0615. The van der Waals surface area contributed by atoms with Crippen molar-refractivity contribution in [2.45, 2.75) is 50.2 Å². The summed E-state index contributed by atoms with van der Waals surface area (Å²) in [7, 11) is 0. The van der Waals surface area contributed by atoms with Gasteiger partial charge in [0.15, 0.2) is 0 Å². The molecule has 0 aromatic rings. The fourth-order valence-corrected chi connectivity index (χ4v) is 4.11. The van der Waals surface area contributed by atoms with E-state index in [4.69, 9.17) is 0 Å². The van der Waals surface area contributed by atoms with Crippen LogP contribution in [0, 0.1) is 17.8 Å². The third-order valence-corrected chi connectivity index (χ3v) is 4.56. The molecule has 2 N–H and O–H groups in total. The maximum Gasteiger partial charge on any atom is 0.0653 e. The number of fused-ring (bicyclic) bond motifs is 2. The summed E-state index contributed by atoms with van der Waals surface area (Å²) in [6.07, 6.45) is 6.05. The third-order valence-electron chi connectivity index (χ3n) is 4.56. The van der Waals surface area contributed by atoms with Crippen molar-refractivity contribution in [3.05, 3.63) is 0 Å². The first-order chi connectivity index (χ1) is 6.16. The van der Waals surface area contributed by atoms with Crippen LogP contribution in [0.1, 0.15) is 38.5 Å². The summed E-state index contributed by atoms with van der Waals surface area (Å²) in [5.41, 5.74) is -0.343. The molecule has 3 aliphatic rings. The number of aliphatic hydroxyl groups is 2. The van der Waals surface area contributed by atoms with Gasteiger partial charge in [-0.05, 0) is 56.3 Å². The third kappa shape index (κ3) is 1.15. The average Bonchev–Trinajstić information content (AvgIpc) is 1.99. The van der Waals surface area contributed by atoms with Gasteiger partial charge in [-0.1, -0.05) is 0 Å². The average molecular weight is 182 g/mol. The Labute approximate surface area is 79.0 Å². The van der Waals surface area contributed by atoms with Crippen molar-refractivity contribution in [2.24, 2.45) is 17.8 Å². The first-order valence-corrected chi connectivity index (χ1v) is 5.57. The number of hydrogen-bond acceptors (Lipinski definition) is 2. The van der Waals surface area contributed by atoms with E-state index >= 15 is 0 Å². The molecule has 0 amide bonds. The molecule has 5 unspecified atom stereocenters. The van der Waals surface area contributed by atoms with Gasteiger partial charge in [-0.3, -0.25) is 0 Å². The molecule has 0 saturated heterocycles. The first-order valence-electron chi connectivity index (χ1n) is 5.57. The van der Waals surface area contributed by atoms with Crippen LogP contribution >= 0.6 is 0 Å². The topological polar surface area (TPSA) is 40.5 Å². The van der Waals surface area contributed by atoms with Crippen LogP contribution in [0.2, 0.25) is 0 Å². The highest BCUT2D eigenvalue weighted by Gasteiger charge is 2.51. The summed E-state index contributed by atoms with van der Waals surface area (Å²) < 4.78 is 0. The van der Waals surface area contributed by atoms with E-state index in [0.717, 1.165) is 32.1 Å². The second-order valence-electron chi connectivity index (χ2n) is 5.50. The molecule has 0 radical (unpaired) electrons. The Morgan fingerprint density at radius 2 is 2.00 bits per heavy atom. The summed E-state index contributed by atoms with van der Waals surface area (Å²) in [6.45, 7) is 0. The minimum atomic E-state index is -0.343. The molecule has 0 aliphatic heterocycles. The molecule has 13 heavy (non-hydrogen) atoms. The highest BCUT2D eigenvalue weighted by Crippen LogP contribution is 2.53. The zero-order chi connectivity index (χ0) is 9.05. The lowest BCUT2D eigenvalue weighted by Crippen LogP contribution is -2.52. The zero-order valence-electron chi connectivity index (χ0n) is 7.95. The standard InChI is InChI=1S/C11H18O2/c12-10-4-7-3-8-6-11(13,5-7)2-1-9(8)10/h7-10,12-13H,1-6H2. The molecule has 0 heterocycles. The number of aliphatic hydroxyl groups excluding tert-OH is 1. The summed E-state index contributed by atoms with van der Waals surface area (Å²) in [5, 5.41) is 20.1. The Hall–Kier alpha value is -0.0800. The summed E-state index contributed by atoms with van der Waals surface area (Å²) in [6, 6.07) is 0. The van der Waals surface area contributed by atoms with Crippen LogP contribution in [-0.2, 0) is 0 Å². The Balaban J connectivity index is 1.92. The highest BCUT2D eigenvalue weighted by atomic mass is 16.3. The van der Waals surface area contributed by atoms with E-state index in [1.807, 2.05) is 0 Å². The molecule has 3 saturated carbocycles. The van der Waals surface area contributed by atoms with Crippen LogP contribution < -0.4 is 0 Å². The summed E-state index contributed by atoms with van der Waals surface area (Å²) in [5.74, 6) is 1.74. The Morgan fingerprint density at radius 3 is 2.85 bits per heavy atom. The lowest BCUT2D eigenvalue weighted by Gasteiger charge is -2.54. The van der Waals surface area contributed by atoms with E-state index in [-0.39, 0.29) is 11.7 Å². The fourth-order valence-electron chi connectivity index (χ4n) is 4.11. The van der Waals surface area contributed by atoms with Crippen molar-refractivity contribution in [1.82, 2.24) is 0 Å². The Morgan fingerprint density at radius 1 is 1.15 bits per heavy atom. The molecule has 5 atom stereocenters. The van der Waals surface area contributed by atoms with E-state index in [9.17, 15) is 10.2 Å². The normalized spacial score (nSPS) is 59.5. The van der Waals surface area contributed by atoms with E-state index in [1.165, 1.54) is 6.42 Å². The molecule has 0 spiro atoms. The monoisotopic (exact) mass is 182 g/mol. The van der Waals surface area contributed by atoms with Gasteiger partial charge < -0.3 is 10.2 Å². The molecule has 2 heteroatoms. The maximum atomic E-state index is 10.2. The van der Waals surface area contributed by atoms with Crippen LogP contribution in [-0.4, -0.2) is 21.9 Å². The van der Waals surface area contributed by atoms with Crippen molar-refractivity contribution in [3.63, 3.8) is 0 Å². The van der Waals surface area contributed by atoms with E-state index < -0.39 is 0 Å². The van der Waals surface area contributed by atoms with Gasteiger partial charge in [0.2, 0.25) is 0 Å². The smallest absolute Gasteiger partial charge is 0.0653 e. The van der Waals surface area contributed by atoms with Crippen LogP contribution in [0.25, 0.3) is 0 Å². The zero-order valence-corrected chi connectivity index (χ0v) is 7.95.